The minimum Gasteiger partial charge on any atom is -0.158 e. The fraction of sp³-hybridized carbons (Fsp3) is 0.273. The molecule has 1 aromatic rings. The smallest absolute Gasteiger partial charge is 0.0915 e. The molecule has 0 aliphatic rings. The highest BCUT2D eigenvalue weighted by Gasteiger charge is 2.06. The predicted molar refractivity (Wildman–Crippen MR) is 56.2 cm³/mol. The zero-order valence-electron chi connectivity index (χ0n) is 8.39. The highest BCUT2D eigenvalue weighted by Crippen LogP contribution is 2.20. The molecule has 0 saturated heterocycles. The molecule has 0 bridgehead atoms. The summed E-state index contributed by atoms with van der Waals surface area (Å²) in [6, 6.07) is 0. The van der Waals surface area contributed by atoms with Gasteiger partial charge in [0.05, 0.1) is 11.9 Å². The van der Waals surface area contributed by atoms with Crippen molar-refractivity contribution in [3.05, 3.63) is 36.2 Å². The second-order valence-corrected chi connectivity index (χ2v) is 3.29. The van der Waals surface area contributed by atoms with Crippen LogP contribution in [0, 0.1) is 6.92 Å². The van der Waals surface area contributed by atoms with Crippen molar-refractivity contribution in [3.8, 4) is 0 Å². The molecule has 68 valence electrons. The van der Waals surface area contributed by atoms with E-state index in [0.29, 0.717) is 0 Å². The minimum absolute atomic E-state index is 0.875. The Morgan fingerprint density at radius 3 is 2.31 bits per heavy atom. The Kier molecular flexibility index (Phi) is 2.61. The van der Waals surface area contributed by atoms with E-state index in [-0.39, 0.29) is 0 Å². The molecule has 1 rings (SSSR count). The summed E-state index contributed by atoms with van der Waals surface area (Å²) in [6.45, 7) is 13.7. The molecule has 0 atom stereocenters. The van der Waals surface area contributed by atoms with E-state index in [1.54, 1.807) is 6.20 Å². The van der Waals surface area contributed by atoms with Gasteiger partial charge < -0.3 is 0 Å². The van der Waals surface area contributed by atoms with E-state index < -0.39 is 0 Å². The minimum atomic E-state index is 0.875. The molecule has 1 heterocycles. The van der Waals surface area contributed by atoms with Crippen molar-refractivity contribution in [3.63, 3.8) is 0 Å². The van der Waals surface area contributed by atoms with E-state index in [0.717, 1.165) is 28.0 Å². The van der Waals surface area contributed by atoms with Crippen molar-refractivity contribution in [1.29, 1.82) is 0 Å². The van der Waals surface area contributed by atoms with Crippen LogP contribution in [-0.2, 0) is 0 Å². The van der Waals surface area contributed by atoms with Crippen LogP contribution in [0.1, 0.15) is 30.7 Å². The Balaban J connectivity index is 3.35. The molecule has 0 fully saturated rings. The zero-order chi connectivity index (χ0) is 10.0. The molecule has 2 nitrogen and oxygen atoms in total. The number of nitrogens with zero attached hydrogens (tertiary/aromatic N) is 2. The Morgan fingerprint density at radius 1 is 1.23 bits per heavy atom. The standard InChI is InChI=1S/C11H14N2/c1-7(2)10-6-12-13-11(8(3)4)9(10)5/h6H,1,3H2,2,4-5H3. The lowest BCUT2D eigenvalue weighted by Gasteiger charge is -2.08. The molecule has 0 radical (unpaired) electrons. The summed E-state index contributed by atoms with van der Waals surface area (Å²) in [7, 11) is 0. The molecule has 13 heavy (non-hydrogen) atoms. The Hall–Kier alpha value is -1.44. The van der Waals surface area contributed by atoms with Gasteiger partial charge in [-0.15, -0.1) is 0 Å². The van der Waals surface area contributed by atoms with Crippen molar-refractivity contribution < 1.29 is 0 Å². The van der Waals surface area contributed by atoms with Crippen LogP contribution < -0.4 is 0 Å². The highest BCUT2D eigenvalue weighted by molar-refractivity contribution is 5.70. The molecule has 2 heteroatoms. The molecule has 0 spiro atoms. The fourth-order valence-electron chi connectivity index (χ4n) is 1.28. The van der Waals surface area contributed by atoms with Crippen molar-refractivity contribution in [2.75, 3.05) is 0 Å². The summed E-state index contributed by atoms with van der Waals surface area (Å²) >= 11 is 0. The SMILES string of the molecule is C=C(C)c1cnnc(C(=C)C)c1C. The van der Waals surface area contributed by atoms with E-state index in [1.807, 2.05) is 20.8 Å². The number of allylic oxidation sites excluding steroid dienone is 2. The largest absolute Gasteiger partial charge is 0.158 e. The molecule has 0 aliphatic carbocycles. The lowest BCUT2D eigenvalue weighted by atomic mass is 10.0. The van der Waals surface area contributed by atoms with Gasteiger partial charge in [-0.05, 0) is 37.5 Å². The van der Waals surface area contributed by atoms with Crippen molar-refractivity contribution in [1.82, 2.24) is 10.2 Å². The number of aromatic nitrogens is 2. The van der Waals surface area contributed by atoms with Gasteiger partial charge in [0.2, 0.25) is 0 Å². The summed E-state index contributed by atoms with van der Waals surface area (Å²) in [6.07, 6.45) is 1.74. The maximum absolute atomic E-state index is 4.03. The van der Waals surface area contributed by atoms with Crippen LogP contribution in [0.2, 0.25) is 0 Å². The van der Waals surface area contributed by atoms with Gasteiger partial charge in [-0.2, -0.15) is 10.2 Å². The fourth-order valence-corrected chi connectivity index (χ4v) is 1.28. The van der Waals surface area contributed by atoms with Crippen LogP contribution in [0.25, 0.3) is 11.1 Å². The van der Waals surface area contributed by atoms with Gasteiger partial charge in [-0.25, -0.2) is 0 Å². The first-order valence-electron chi connectivity index (χ1n) is 4.18. The topological polar surface area (TPSA) is 25.8 Å². The average molecular weight is 174 g/mol. The predicted octanol–water partition coefficient (Wildman–Crippen LogP) is 2.85. The second-order valence-electron chi connectivity index (χ2n) is 3.29. The number of hydrogen-bond acceptors (Lipinski definition) is 2. The van der Waals surface area contributed by atoms with Gasteiger partial charge in [0.15, 0.2) is 0 Å². The van der Waals surface area contributed by atoms with Crippen LogP contribution in [0.15, 0.2) is 19.4 Å². The summed E-state index contributed by atoms with van der Waals surface area (Å²) in [5.41, 5.74) is 4.99. The van der Waals surface area contributed by atoms with Gasteiger partial charge >= 0.3 is 0 Å². The summed E-state index contributed by atoms with van der Waals surface area (Å²) in [4.78, 5) is 0. The first-order valence-corrected chi connectivity index (χ1v) is 4.18. The second kappa shape index (κ2) is 3.52. The van der Waals surface area contributed by atoms with E-state index in [9.17, 15) is 0 Å². The zero-order valence-corrected chi connectivity index (χ0v) is 8.39. The molecule has 0 saturated carbocycles. The van der Waals surface area contributed by atoms with Crippen LogP contribution >= 0.6 is 0 Å². The van der Waals surface area contributed by atoms with Gasteiger partial charge in [0, 0.05) is 5.56 Å². The molecule has 0 N–H and O–H groups in total. The van der Waals surface area contributed by atoms with Crippen molar-refractivity contribution >= 4 is 11.1 Å². The summed E-state index contributed by atoms with van der Waals surface area (Å²) in [5.74, 6) is 0. The van der Waals surface area contributed by atoms with Crippen LogP contribution in [0.3, 0.4) is 0 Å². The molecule has 0 aliphatic heterocycles. The van der Waals surface area contributed by atoms with Crippen LogP contribution in [0.5, 0.6) is 0 Å². The first-order chi connectivity index (χ1) is 6.04. The van der Waals surface area contributed by atoms with Crippen molar-refractivity contribution in [2.24, 2.45) is 0 Å². The molecule has 0 aromatic carbocycles. The van der Waals surface area contributed by atoms with Gasteiger partial charge in [0.25, 0.3) is 0 Å². The molecule has 0 unspecified atom stereocenters. The third-order valence-corrected chi connectivity index (χ3v) is 1.97. The van der Waals surface area contributed by atoms with E-state index in [4.69, 9.17) is 0 Å². The maximum Gasteiger partial charge on any atom is 0.0915 e. The molecule has 0 amide bonds. The monoisotopic (exact) mass is 174 g/mol. The third-order valence-electron chi connectivity index (χ3n) is 1.97. The first kappa shape index (κ1) is 9.65. The summed E-state index contributed by atoms with van der Waals surface area (Å²) in [5, 5.41) is 7.95. The van der Waals surface area contributed by atoms with Gasteiger partial charge in [-0.1, -0.05) is 13.2 Å². The van der Waals surface area contributed by atoms with Crippen molar-refractivity contribution in [2.45, 2.75) is 20.8 Å². The highest BCUT2D eigenvalue weighted by atomic mass is 15.1. The molecular formula is C11H14N2. The van der Waals surface area contributed by atoms with E-state index in [2.05, 4.69) is 23.4 Å². The third kappa shape index (κ3) is 1.83. The van der Waals surface area contributed by atoms with Gasteiger partial charge in [0.1, 0.15) is 0 Å². The Bertz CT molecular complexity index is 332. The quantitative estimate of drug-likeness (QED) is 0.689. The average Bonchev–Trinajstić information content (AvgIpc) is 2.03. The number of hydrogen-bond donors (Lipinski definition) is 0. The molecule has 1 aromatic heterocycles. The van der Waals surface area contributed by atoms with E-state index in [1.165, 1.54) is 0 Å². The lowest BCUT2D eigenvalue weighted by Crippen LogP contribution is -1.97. The molecular weight excluding hydrogens is 160 g/mol. The Labute approximate surface area is 79.0 Å². The van der Waals surface area contributed by atoms with Gasteiger partial charge in [-0.3, -0.25) is 0 Å². The van der Waals surface area contributed by atoms with E-state index >= 15 is 0 Å². The Morgan fingerprint density at radius 2 is 1.85 bits per heavy atom. The summed E-state index contributed by atoms with van der Waals surface area (Å²) < 4.78 is 0. The number of rotatable bonds is 2. The van der Waals surface area contributed by atoms with Crippen LogP contribution in [0.4, 0.5) is 0 Å². The maximum atomic E-state index is 4.03. The lowest BCUT2D eigenvalue weighted by molar-refractivity contribution is 0.984. The normalized spacial score (nSPS) is 9.77. The van der Waals surface area contributed by atoms with Crippen LogP contribution in [-0.4, -0.2) is 10.2 Å².